The average molecular weight is 236 g/mol. The van der Waals surface area contributed by atoms with E-state index in [4.69, 9.17) is 0 Å². The van der Waals surface area contributed by atoms with E-state index in [1.54, 1.807) is 0 Å². The minimum atomic E-state index is 0.703. The Hall–Kier alpha value is 0.440. The molecule has 0 radical (unpaired) electrons. The van der Waals surface area contributed by atoms with Gasteiger partial charge in [-0.3, -0.25) is 0 Å². The Bertz CT molecular complexity index is 91.8. The van der Waals surface area contributed by atoms with Gasteiger partial charge in [-0.05, 0) is 25.7 Å². The lowest BCUT2D eigenvalue weighted by Gasteiger charge is -2.22. The third-order valence-electron chi connectivity index (χ3n) is 2.41. The topological polar surface area (TPSA) is 12.0 Å². The summed E-state index contributed by atoms with van der Waals surface area (Å²) in [5.74, 6) is 0. The van der Waals surface area contributed by atoms with Gasteiger partial charge in [0, 0.05) is 17.4 Å². The van der Waals surface area contributed by atoms with Gasteiger partial charge in [0.25, 0.3) is 0 Å². The smallest absolute Gasteiger partial charge is 0.00749 e. The highest BCUT2D eigenvalue weighted by Crippen LogP contribution is 2.05. The summed E-state index contributed by atoms with van der Waals surface area (Å²) in [6, 6.07) is 1.42. The molecule has 0 spiro atoms. The molecular weight excluding hydrogens is 214 g/mol. The fraction of sp³-hybridized carbons (Fsp3) is 1.00. The lowest BCUT2D eigenvalue weighted by Crippen LogP contribution is -2.37. The van der Waals surface area contributed by atoms with Gasteiger partial charge in [-0.15, -0.1) is 0 Å². The van der Waals surface area contributed by atoms with Gasteiger partial charge in [-0.25, -0.2) is 0 Å². The molecule has 0 saturated carbocycles. The van der Waals surface area contributed by atoms with Crippen molar-refractivity contribution >= 4 is 15.9 Å². The molecule has 0 heterocycles. The summed E-state index contributed by atoms with van der Waals surface area (Å²) >= 11 is 3.48. The van der Waals surface area contributed by atoms with Crippen molar-refractivity contribution in [3.8, 4) is 0 Å². The zero-order valence-electron chi connectivity index (χ0n) is 8.57. The molecule has 0 aromatic rings. The van der Waals surface area contributed by atoms with Crippen LogP contribution >= 0.6 is 15.9 Å². The van der Waals surface area contributed by atoms with E-state index in [0.29, 0.717) is 12.1 Å². The first kappa shape index (κ1) is 12.4. The van der Waals surface area contributed by atoms with Crippen LogP contribution in [0.1, 0.15) is 46.5 Å². The maximum absolute atomic E-state index is 3.67. The van der Waals surface area contributed by atoms with Crippen molar-refractivity contribution in [1.29, 1.82) is 0 Å². The molecule has 1 atom stereocenters. The molecule has 1 N–H and O–H groups in total. The van der Waals surface area contributed by atoms with Gasteiger partial charge in [-0.1, -0.05) is 36.7 Å². The van der Waals surface area contributed by atoms with Crippen LogP contribution < -0.4 is 5.32 Å². The van der Waals surface area contributed by atoms with Crippen molar-refractivity contribution in [1.82, 2.24) is 5.32 Å². The second kappa shape index (κ2) is 8.06. The first-order valence-electron chi connectivity index (χ1n) is 5.10. The van der Waals surface area contributed by atoms with Gasteiger partial charge in [0.1, 0.15) is 0 Å². The highest BCUT2D eigenvalue weighted by atomic mass is 79.9. The molecule has 0 aromatic heterocycles. The number of halogens is 1. The molecule has 0 aromatic carbocycles. The SMILES string of the molecule is CCC(CC)NC(CC)CCBr. The molecular formula is C10H22BrN. The summed E-state index contributed by atoms with van der Waals surface area (Å²) in [6.07, 6.45) is 4.97. The van der Waals surface area contributed by atoms with E-state index < -0.39 is 0 Å². The summed E-state index contributed by atoms with van der Waals surface area (Å²) in [5.41, 5.74) is 0. The van der Waals surface area contributed by atoms with Crippen molar-refractivity contribution < 1.29 is 0 Å². The average Bonchev–Trinajstić information content (AvgIpc) is 2.12. The predicted molar refractivity (Wildman–Crippen MR) is 60.0 cm³/mol. The highest BCUT2D eigenvalue weighted by Gasteiger charge is 2.09. The van der Waals surface area contributed by atoms with E-state index >= 15 is 0 Å². The minimum Gasteiger partial charge on any atom is -0.311 e. The molecule has 0 saturated heterocycles. The molecule has 0 fully saturated rings. The fourth-order valence-corrected chi connectivity index (χ4v) is 1.95. The molecule has 0 aliphatic carbocycles. The van der Waals surface area contributed by atoms with Crippen molar-refractivity contribution in [2.45, 2.75) is 58.5 Å². The lowest BCUT2D eigenvalue weighted by molar-refractivity contribution is 0.393. The first-order chi connectivity index (χ1) is 5.78. The molecule has 12 heavy (non-hydrogen) atoms. The molecule has 0 bridgehead atoms. The zero-order valence-corrected chi connectivity index (χ0v) is 10.2. The van der Waals surface area contributed by atoms with Crippen LogP contribution in [0.25, 0.3) is 0 Å². The number of alkyl halides is 1. The standard InChI is InChI=1S/C10H22BrN/c1-4-9(5-2)12-10(6-3)7-8-11/h9-10,12H,4-8H2,1-3H3. The quantitative estimate of drug-likeness (QED) is 0.668. The van der Waals surface area contributed by atoms with E-state index in [-0.39, 0.29) is 0 Å². The summed E-state index contributed by atoms with van der Waals surface area (Å²) in [6.45, 7) is 6.76. The second-order valence-electron chi connectivity index (χ2n) is 3.26. The number of hydrogen-bond acceptors (Lipinski definition) is 1. The van der Waals surface area contributed by atoms with Crippen LogP contribution in [0.5, 0.6) is 0 Å². The van der Waals surface area contributed by atoms with Crippen LogP contribution in [-0.2, 0) is 0 Å². The monoisotopic (exact) mass is 235 g/mol. The predicted octanol–water partition coefficient (Wildman–Crippen LogP) is 3.33. The maximum Gasteiger partial charge on any atom is 0.00749 e. The van der Waals surface area contributed by atoms with Crippen LogP contribution in [0.15, 0.2) is 0 Å². The number of nitrogens with one attached hydrogen (secondary N) is 1. The van der Waals surface area contributed by atoms with Crippen LogP contribution in [0.2, 0.25) is 0 Å². The normalized spacial score (nSPS) is 13.8. The van der Waals surface area contributed by atoms with Gasteiger partial charge in [0.05, 0.1) is 0 Å². The molecule has 1 unspecified atom stereocenters. The van der Waals surface area contributed by atoms with Gasteiger partial charge in [0.15, 0.2) is 0 Å². The molecule has 1 nitrogen and oxygen atoms in total. The molecule has 0 aliphatic rings. The first-order valence-corrected chi connectivity index (χ1v) is 6.22. The third kappa shape index (κ3) is 5.15. The summed E-state index contributed by atoms with van der Waals surface area (Å²) in [7, 11) is 0. The van der Waals surface area contributed by atoms with E-state index in [1.807, 2.05) is 0 Å². The van der Waals surface area contributed by atoms with E-state index in [2.05, 4.69) is 42.0 Å². The van der Waals surface area contributed by atoms with E-state index in [9.17, 15) is 0 Å². The Labute approximate surface area is 85.4 Å². The van der Waals surface area contributed by atoms with Crippen molar-refractivity contribution in [3.63, 3.8) is 0 Å². The van der Waals surface area contributed by atoms with Gasteiger partial charge in [-0.2, -0.15) is 0 Å². The number of rotatable bonds is 7. The Balaban J connectivity index is 3.65. The second-order valence-corrected chi connectivity index (χ2v) is 4.06. The number of hydrogen-bond donors (Lipinski definition) is 1. The largest absolute Gasteiger partial charge is 0.311 e. The lowest BCUT2D eigenvalue weighted by atomic mass is 10.1. The van der Waals surface area contributed by atoms with Crippen molar-refractivity contribution in [2.24, 2.45) is 0 Å². The Kier molecular flexibility index (Phi) is 8.35. The van der Waals surface area contributed by atoms with Crippen LogP contribution in [0.3, 0.4) is 0 Å². The van der Waals surface area contributed by atoms with Crippen LogP contribution in [0.4, 0.5) is 0 Å². The molecule has 0 aliphatic heterocycles. The van der Waals surface area contributed by atoms with Gasteiger partial charge >= 0.3 is 0 Å². The Morgan fingerprint density at radius 1 is 1.00 bits per heavy atom. The molecule has 0 rings (SSSR count). The van der Waals surface area contributed by atoms with Crippen molar-refractivity contribution in [3.05, 3.63) is 0 Å². The van der Waals surface area contributed by atoms with E-state index in [0.717, 1.165) is 5.33 Å². The highest BCUT2D eigenvalue weighted by molar-refractivity contribution is 9.09. The van der Waals surface area contributed by atoms with Gasteiger partial charge in [0.2, 0.25) is 0 Å². The Morgan fingerprint density at radius 3 is 1.83 bits per heavy atom. The van der Waals surface area contributed by atoms with Crippen LogP contribution in [-0.4, -0.2) is 17.4 Å². The fourth-order valence-electron chi connectivity index (χ4n) is 1.39. The molecule has 0 amide bonds. The Morgan fingerprint density at radius 2 is 1.50 bits per heavy atom. The van der Waals surface area contributed by atoms with Crippen molar-refractivity contribution in [2.75, 3.05) is 5.33 Å². The minimum absolute atomic E-state index is 0.703. The molecule has 2 heteroatoms. The van der Waals surface area contributed by atoms with Crippen LogP contribution in [0, 0.1) is 0 Å². The summed E-state index contributed by atoms with van der Waals surface area (Å²) < 4.78 is 0. The van der Waals surface area contributed by atoms with Gasteiger partial charge < -0.3 is 5.32 Å². The summed E-state index contributed by atoms with van der Waals surface area (Å²) in [5, 5.41) is 4.78. The third-order valence-corrected chi connectivity index (χ3v) is 2.87. The zero-order chi connectivity index (χ0) is 9.40. The maximum atomic E-state index is 3.67. The molecule has 74 valence electrons. The summed E-state index contributed by atoms with van der Waals surface area (Å²) in [4.78, 5) is 0. The van der Waals surface area contributed by atoms with E-state index in [1.165, 1.54) is 25.7 Å².